The van der Waals surface area contributed by atoms with Gasteiger partial charge in [-0.1, -0.05) is 11.6 Å². The van der Waals surface area contributed by atoms with Crippen LogP contribution in [0.25, 0.3) is 0 Å². The summed E-state index contributed by atoms with van der Waals surface area (Å²) in [5.74, 6) is -1.26. The van der Waals surface area contributed by atoms with Crippen molar-refractivity contribution in [1.29, 1.82) is 0 Å². The van der Waals surface area contributed by atoms with Gasteiger partial charge in [-0.15, -0.1) is 0 Å². The van der Waals surface area contributed by atoms with Gasteiger partial charge >= 0.3 is 0 Å². The normalized spacial score (nSPS) is 26.8. The van der Waals surface area contributed by atoms with Crippen molar-refractivity contribution in [3.05, 3.63) is 10.9 Å². The quantitative estimate of drug-likeness (QED) is 0.799. The summed E-state index contributed by atoms with van der Waals surface area (Å²) in [5, 5.41) is 3.51. The first kappa shape index (κ1) is 13.0. The van der Waals surface area contributed by atoms with Gasteiger partial charge in [-0.05, 0) is 12.8 Å². The summed E-state index contributed by atoms with van der Waals surface area (Å²) in [5.41, 5.74) is 0. The maximum atomic E-state index is 13.3. The molecule has 3 heterocycles. The van der Waals surface area contributed by atoms with Crippen LogP contribution < -0.4 is 5.32 Å². The van der Waals surface area contributed by atoms with Crippen molar-refractivity contribution < 1.29 is 8.78 Å². The van der Waals surface area contributed by atoms with Gasteiger partial charge in [0.15, 0.2) is 0 Å². The van der Waals surface area contributed by atoms with E-state index in [1.54, 1.807) is 4.90 Å². The van der Waals surface area contributed by atoms with Crippen molar-refractivity contribution in [2.45, 2.75) is 25.2 Å². The fraction of sp³-hybridized carbons (Fsp3) is 0.750. The summed E-state index contributed by atoms with van der Waals surface area (Å²) < 4.78 is 26.6. The molecule has 0 saturated carbocycles. The van der Waals surface area contributed by atoms with Gasteiger partial charge < -0.3 is 15.1 Å². The van der Waals surface area contributed by atoms with Crippen molar-refractivity contribution >= 4 is 17.4 Å². The molecule has 0 atom stereocenters. The fourth-order valence-electron chi connectivity index (χ4n) is 2.79. The monoisotopic (exact) mass is 290 g/mol. The summed E-state index contributed by atoms with van der Waals surface area (Å²) in [4.78, 5) is 8.15. The smallest absolute Gasteiger partial charge is 0.266 e. The van der Waals surface area contributed by atoms with Gasteiger partial charge in [-0.3, -0.25) is 0 Å². The van der Waals surface area contributed by atoms with Crippen LogP contribution >= 0.6 is 11.6 Å². The minimum Gasteiger partial charge on any atom is -0.356 e. The second-order valence-electron chi connectivity index (χ2n) is 5.20. The first-order chi connectivity index (χ1) is 9.07. The zero-order valence-electron chi connectivity index (χ0n) is 10.6. The number of alkyl halides is 2. The van der Waals surface area contributed by atoms with E-state index in [1.807, 2.05) is 0 Å². The number of rotatable bonds is 1. The molecule has 0 spiro atoms. The van der Waals surface area contributed by atoms with Gasteiger partial charge in [-0.2, -0.15) is 0 Å². The SMILES string of the molecule is FC1(F)CCN(C2=C(Cl)C(N3CCCC3)=NCN2)C1. The third-order valence-corrected chi connectivity index (χ3v) is 4.12. The predicted molar refractivity (Wildman–Crippen MR) is 70.3 cm³/mol. The number of hydrogen-bond acceptors (Lipinski definition) is 4. The molecule has 7 heteroatoms. The molecule has 3 aliphatic rings. The van der Waals surface area contributed by atoms with Gasteiger partial charge in [0.25, 0.3) is 5.92 Å². The second kappa shape index (κ2) is 4.81. The Hall–Kier alpha value is -1.04. The van der Waals surface area contributed by atoms with E-state index in [1.165, 1.54) is 0 Å². The predicted octanol–water partition coefficient (Wildman–Crippen LogP) is 1.79. The highest BCUT2D eigenvalue weighted by Gasteiger charge is 2.40. The molecule has 0 amide bonds. The molecule has 2 fully saturated rings. The van der Waals surface area contributed by atoms with Crippen LogP contribution in [0, 0.1) is 0 Å². The summed E-state index contributed by atoms with van der Waals surface area (Å²) in [6.07, 6.45) is 2.15. The summed E-state index contributed by atoms with van der Waals surface area (Å²) in [7, 11) is 0. The Kier molecular flexibility index (Phi) is 3.28. The highest BCUT2D eigenvalue weighted by molar-refractivity contribution is 6.43. The minimum atomic E-state index is -2.62. The molecule has 106 valence electrons. The minimum absolute atomic E-state index is 0.113. The molecule has 0 aliphatic carbocycles. The molecule has 0 aromatic carbocycles. The number of aliphatic imine (C=N–C) groups is 1. The van der Waals surface area contributed by atoms with E-state index in [9.17, 15) is 8.78 Å². The Morgan fingerprint density at radius 2 is 1.89 bits per heavy atom. The third-order valence-electron chi connectivity index (χ3n) is 3.77. The van der Waals surface area contributed by atoms with E-state index in [2.05, 4.69) is 15.2 Å². The highest BCUT2D eigenvalue weighted by Crippen LogP contribution is 2.31. The number of hydrogen-bond donors (Lipinski definition) is 1. The molecule has 0 radical (unpaired) electrons. The fourth-order valence-corrected chi connectivity index (χ4v) is 3.15. The van der Waals surface area contributed by atoms with E-state index in [0.29, 0.717) is 24.1 Å². The van der Waals surface area contributed by atoms with Crippen molar-refractivity contribution in [3.63, 3.8) is 0 Å². The number of nitrogens with one attached hydrogen (secondary N) is 1. The number of nitrogens with zero attached hydrogens (tertiary/aromatic N) is 3. The average molecular weight is 291 g/mol. The zero-order chi connectivity index (χ0) is 13.5. The maximum absolute atomic E-state index is 13.3. The van der Waals surface area contributed by atoms with E-state index in [4.69, 9.17) is 11.6 Å². The zero-order valence-corrected chi connectivity index (χ0v) is 11.4. The molecule has 0 aromatic heterocycles. The highest BCUT2D eigenvalue weighted by atomic mass is 35.5. The third kappa shape index (κ3) is 2.50. The van der Waals surface area contributed by atoms with Crippen LogP contribution in [0.4, 0.5) is 8.78 Å². The van der Waals surface area contributed by atoms with Crippen LogP contribution in [0.3, 0.4) is 0 Å². The lowest BCUT2D eigenvalue weighted by molar-refractivity contribution is 0.0145. The summed E-state index contributed by atoms with van der Waals surface area (Å²) in [6, 6.07) is 0. The van der Waals surface area contributed by atoms with Crippen LogP contribution in [0.15, 0.2) is 15.8 Å². The van der Waals surface area contributed by atoms with Crippen LogP contribution in [0.5, 0.6) is 0 Å². The van der Waals surface area contributed by atoms with E-state index in [0.717, 1.165) is 31.8 Å². The first-order valence-electron chi connectivity index (χ1n) is 6.63. The Bertz CT molecular complexity index is 429. The number of amidine groups is 1. The molecule has 2 saturated heterocycles. The van der Waals surface area contributed by atoms with E-state index >= 15 is 0 Å². The molecule has 0 bridgehead atoms. The average Bonchev–Trinajstić information content (AvgIpc) is 2.99. The molecule has 3 rings (SSSR count). The van der Waals surface area contributed by atoms with Gasteiger partial charge in [0.1, 0.15) is 23.4 Å². The van der Waals surface area contributed by atoms with Crippen LogP contribution in [-0.2, 0) is 0 Å². The van der Waals surface area contributed by atoms with Crippen molar-refractivity contribution in [2.24, 2.45) is 4.99 Å². The lowest BCUT2D eigenvalue weighted by atomic mass is 10.3. The van der Waals surface area contributed by atoms with Crippen LogP contribution in [0.1, 0.15) is 19.3 Å². The number of likely N-dealkylation sites (tertiary alicyclic amines) is 2. The molecule has 1 N–H and O–H groups in total. The first-order valence-corrected chi connectivity index (χ1v) is 7.01. The van der Waals surface area contributed by atoms with Crippen LogP contribution in [0.2, 0.25) is 0 Å². The molecule has 0 unspecified atom stereocenters. The lowest BCUT2D eigenvalue weighted by Gasteiger charge is -2.30. The van der Waals surface area contributed by atoms with Crippen LogP contribution in [-0.4, -0.2) is 54.4 Å². The van der Waals surface area contributed by atoms with Crippen molar-refractivity contribution in [2.75, 3.05) is 32.8 Å². The summed E-state index contributed by atoms with van der Waals surface area (Å²) in [6.45, 7) is 2.36. The second-order valence-corrected chi connectivity index (χ2v) is 5.58. The molecular formula is C12H17ClF2N4. The molecular weight excluding hydrogens is 274 g/mol. The van der Waals surface area contributed by atoms with E-state index < -0.39 is 5.92 Å². The molecule has 0 aromatic rings. The Morgan fingerprint density at radius 3 is 2.53 bits per heavy atom. The Labute approximate surface area is 116 Å². The molecule has 4 nitrogen and oxygen atoms in total. The Balaban J connectivity index is 1.80. The summed E-state index contributed by atoms with van der Waals surface area (Å²) >= 11 is 6.36. The number of halogens is 3. The van der Waals surface area contributed by atoms with E-state index in [-0.39, 0.29) is 13.0 Å². The van der Waals surface area contributed by atoms with Gasteiger partial charge in [0.05, 0.1) is 6.54 Å². The van der Waals surface area contributed by atoms with Crippen molar-refractivity contribution in [1.82, 2.24) is 15.1 Å². The van der Waals surface area contributed by atoms with Gasteiger partial charge in [0, 0.05) is 26.1 Å². The Morgan fingerprint density at radius 1 is 1.16 bits per heavy atom. The largest absolute Gasteiger partial charge is 0.356 e. The molecule has 3 aliphatic heterocycles. The molecule has 19 heavy (non-hydrogen) atoms. The standard InChI is InChI=1S/C12H17ClF2N4/c13-9-10(18-4-1-2-5-18)16-8-17-11(9)19-6-3-12(14,15)7-19/h17H,1-8H2. The topological polar surface area (TPSA) is 30.9 Å². The maximum Gasteiger partial charge on any atom is 0.266 e. The van der Waals surface area contributed by atoms with Gasteiger partial charge in [-0.25, -0.2) is 13.8 Å². The lowest BCUT2D eigenvalue weighted by Crippen LogP contribution is -2.40. The van der Waals surface area contributed by atoms with Gasteiger partial charge in [0.2, 0.25) is 0 Å². The van der Waals surface area contributed by atoms with Crippen molar-refractivity contribution in [3.8, 4) is 0 Å².